The predicted octanol–water partition coefficient (Wildman–Crippen LogP) is 1.81. The summed E-state index contributed by atoms with van der Waals surface area (Å²) in [4.78, 5) is 10.2. The van der Waals surface area contributed by atoms with E-state index in [9.17, 15) is 4.79 Å². The Kier molecular flexibility index (Phi) is 7.45. The second kappa shape index (κ2) is 6.62. The van der Waals surface area contributed by atoms with E-state index in [0.29, 0.717) is 12.3 Å². The van der Waals surface area contributed by atoms with Crippen molar-refractivity contribution in [2.75, 3.05) is 0 Å². The SMILES string of the molecule is CC(C)CC(C#N)CC(=O)O.N. The molecule has 70 valence electrons. The van der Waals surface area contributed by atoms with Gasteiger partial charge in [0.15, 0.2) is 0 Å². The molecule has 4 nitrogen and oxygen atoms in total. The van der Waals surface area contributed by atoms with Gasteiger partial charge in [0, 0.05) is 0 Å². The zero-order chi connectivity index (χ0) is 8.85. The van der Waals surface area contributed by atoms with E-state index in [1.54, 1.807) is 0 Å². The van der Waals surface area contributed by atoms with Crippen LogP contribution >= 0.6 is 0 Å². The summed E-state index contributed by atoms with van der Waals surface area (Å²) in [6, 6.07) is 1.98. The van der Waals surface area contributed by atoms with Gasteiger partial charge in [0.25, 0.3) is 0 Å². The van der Waals surface area contributed by atoms with Gasteiger partial charge >= 0.3 is 5.97 Å². The first kappa shape index (κ1) is 13.5. The Bertz CT molecular complexity index is 172. The normalized spacial score (nSPS) is 11.5. The van der Waals surface area contributed by atoms with Crippen molar-refractivity contribution in [1.82, 2.24) is 6.15 Å². The minimum Gasteiger partial charge on any atom is -0.481 e. The maximum absolute atomic E-state index is 10.2. The molecule has 0 aromatic rings. The Morgan fingerprint density at radius 1 is 1.58 bits per heavy atom. The third-order valence-corrected chi connectivity index (χ3v) is 1.36. The van der Waals surface area contributed by atoms with Crippen molar-refractivity contribution in [3.8, 4) is 6.07 Å². The van der Waals surface area contributed by atoms with E-state index in [0.717, 1.165) is 0 Å². The number of hydrogen-bond acceptors (Lipinski definition) is 3. The lowest BCUT2D eigenvalue weighted by atomic mass is 9.96. The average molecular weight is 172 g/mol. The summed E-state index contributed by atoms with van der Waals surface area (Å²) in [5.74, 6) is -0.830. The second-order valence-electron chi connectivity index (χ2n) is 3.05. The maximum Gasteiger partial charge on any atom is 0.304 e. The van der Waals surface area contributed by atoms with Crippen LogP contribution in [0.25, 0.3) is 0 Å². The van der Waals surface area contributed by atoms with E-state index in [-0.39, 0.29) is 18.5 Å². The molecular formula is C8H16N2O2. The van der Waals surface area contributed by atoms with Crippen LogP contribution in [0.3, 0.4) is 0 Å². The standard InChI is InChI=1S/C8H13NO2.H3N/c1-6(2)3-7(5-9)4-8(10)11;/h6-7H,3-4H2,1-2H3,(H,10,11);1H3. The van der Waals surface area contributed by atoms with Gasteiger partial charge < -0.3 is 11.3 Å². The molecule has 12 heavy (non-hydrogen) atoms. The molecule has 0 fully saturated rings. The van der Waals surface area contributed by atoms with E-state index < -0.39 is 5.97 Å². The predicted molar refractivity (Wildman–Crippen MR) is 45.8 cm³/mol. The summed E-state index contributed by atoms with van der Waals surface area (Å²) < 4.78 is 0. The first-order valence-corrected chi connectivity index (χ1v) is 3.67. The van der Waals surface area contributed by atoms with E-state index >= 15 is 0 Å². The lowest BCUT2D eigenvalue weighted by Gasteiger charge is -2.07. The zero-order valence-corrected chi connectivity index (χ0v) is 7.58. The van der Waals surface area contributed by atoms with Crippen molar-refractivity contribution < 1.29 is 9.90 Å². The number of aliphatic carboxylic acids is 1. The molecule has 0 aliphatic rings. The van der Waals surface area contributed by atoms with Gasteiger partial charge in [0.1, 0.15) is 0 Å². The number of carboxylic acids is 1. The highest BCUT2D eigenvalue weighted by Gasteiger charge is 2.13. The molecule has 1 atom stereocenters. The van der Waals surface area contributed by atoms with Crippen LogP contribution in [0, 0.1) is 23.2 Å². The molecule has 4 heteroatoms. The number of nitrogens with zero attached hydrogens (tertiary/aromatic N) is 1. The highest BCUT2D eigenvalue weighted by atomic mass is 16.4. The van der Waals surface area contributed by atoms with Gasteiger partial charge in [0.2, 0.25) is 0 Å². The lowest BCUT2D eigenvalue weighted by molar-refractivity contribution is -0.137. The van der Waals surface area contributed by atoms with E-state index in [1.807, 2.05) is 19.9 Å². The molecule has 0 aromatic heterocycles. The van der Waals surface area contributed by atoms with Crippen LogP contribution in [0.5, 0.6) is 0 Å². The molecule has 0 rings (SSSR count). The van der Waals surface area contributed by atoms with Crippen LogP contribution in [0.2, 0.25) is 0 Å². The third-order valence-electron chi connectivity index (χ3n) is 1.36. The van der Waals surface area contributed by atoms with E-state index in [1.165, 1.54) is 0 Å². The van der Waals surface area contributed by atoms with E-state index in [4.69, 9.17) is 10.4 Å². The van der Waals surface area contributed by atoms with Crippen molar-refractivity contribution in [2.45, 2.75) is 26.7 Å². The molecule has 0 saturated carbocycles. The topological polar surface area (TPSA) is 96.1 Å². The molecule has 0 saturated heterocycles. The fraction of sp³-hybridized carbons (Fsp3) is 0.750. The van der Waals surface area contributed by atoms with Crippen LogP contribution in [0.4, 0.5) is 0 Å². The largest absolute Gasteiger partial charge is 0.481 e. The molecular weight excluding hydrogens is 156 g/mol. The Morgan fingerprint density at radius 3 is 2.33 bits per heavy atom. The molecule has 0 spiro atoms. The van der Waals surface area contributed by atoms with Crippen LogP contribution in [0.1, 0.15) is 26.7 Å². The molecule has 0 radical (unpaired) electrons. The number of rotatable bonds is 4. The van der Waals surface area contributed by atoms with E-state index in [2.05, 4.69) is 0 Å². The van der Waals surface area contributed by atoms with Gasteiger partial charge in [-0.3, -0.25) is 4.79 Å². The highest BCUT2D eigenvalue weighted by Crippen LogP contribution is 2.13. The molecule has 0 bridgehead atoms. The summed E-state index contributed by atoms with van der Waals surface area (Å²) >= 11 is 0. The molecule has 0 aliphatic heterocycles. The fourth-order valence-corrected chi connectivity index (χ4v) is 0.962. The second-order valence-corrected chi connectivity index (χ2v) is 3.05. The quantitative estimate of drug-likeness (QED) is 0.675. The Labute approximate surface area is 72.8 Å². The number of carbonyl (C=O) groups is 1. The van der Waals surface area contributed by atoms with Gasteiger partial charge in [-0.25, -0.2) is 0 Å². The highest BCUT2D eigenvalue weighted by molar-refractivity contribution is 5.67. The van der Waals surface area contributed by atoms with Gasteiger partial charge in [-0.15, -0.1) is 0 Å². The molecule has 0 aliphatic carbocycles. The molecule has 0 amide bonds. The van der Waals surface area contributed by atoms with Crippen molar-refractivity contribution in [2.24, 2.45) is 11.8 Å². The number of hydrogen-bond donors (Lipinski definition) is 2. The summed E-state index contributed by atoms with van der Waals surface area (Å²) in [5.41, 5.74) is 0. The van der Waals surface area contributed by atoms with Crippen molar-refractivity contribution >= 4 is 5.97 Å². The van der Waals surface area contributed by atoms with Crippen LogP contribution in [-0.4, -0.2) is 11.1 Å². The van der Waals surface area contributed by atoms with Crippen LogP contribution < -0.4 is 6.15 Å². The van der Waals surface area contributed by atoms with Crippen molar-refractivity contribution in [1.29, 1.82) is 5.26 Å². The fourth-order valence-electron chi connectivity index (χ4n) is 0.962. The van der Waals surface area contributed by atoms with Crippen molar-refractivity contribution in [3.05, 3.63) is 0 Å². The molecule has 4 N–H and O–H groups in total. The average Bonchev–Trinajstić information content (AvgIpc) is 1.84. The first-order valence-electron chi connectivity index (χ1n) is 3.67. The van der Waals surface area contributed by atoms with Gasteiger partial charge in [-0.05, 0) is 12.3 Å². The summed E-state index contributed by atoms with van der Waals surface area (Å²) in [6.07, 6.45) is 0.636. The molecule has 1 unspecified atom stereocenters. The first-order chi connectivity index (χ1) is 5.06. The number of nitriles is 1. The van der Waals surface area contributed by atoms with Gasteiger partial charge in [0.05, 0.1) is 18.4 Å². The van der Waals surface area contributed by atoms with Gasteiger partial charge in [-0.2, -0.15) is 5.26 Å². The smallest absolute Gasteiger partial charge is 0.304 e. The van der Waals surface area contributed by atoms with Crippen LogP contribution in [0.15, 0.2) is 0 Å². The van der Waals surface area contributed by atoms with Crippen molar-refractivity contribution in [3.63, 3.8) is 0 Å². The van der Waals surface area contributed by atoms with Gasteiger partial charge in [-0.1, -0.05) is 13.8 Å². The Hall–Kier alpha value is -1.08. The zero-order valence-electron chi connectivity index (χ0n) is 7.58. The van der Waals surface area contributed by atoms with Crippen LogP contribution in [-0.2, 0) is 4.79 Å². The summed E-state index contributed by atoms with van der Waals surface area (Å²) in [6.45, 7) is 3.96. The molecule has 0 heterocycles. The minimum absolute atomic E-state index is 0. The number of carboxylic acid groups (broad SMARTS) is 1. The Morgan fingerprint density at radius 2 is 2.08 bits per heavy atom. The monoisotopic (exact) mass is 172 g/mol. The maximum atomic E-state index is 10.2. The summed E-state index contributed by atoms with van der Waals surface area (Å²) in [7, 11) is 0. The Balaban J connectivity index is 0. The third kappa shape index (κ3) is 7.03. The minimum atomic E-state index is -0.891. The molecule has 0 aromatic carbocycles. The summed E-state index contributed by atoms with van der Waals surface area (Å²) in [5, 5.41) is 16.9. The lowest BCUT2D eigenvalue weighted by Crippen LogP contribution is -2.08.